The Labute approximate surface area is 58.1 Å². The van der Waals surface area contributed by atoms with Crippen molar-refractivity contribution in [3.05, 3.63) is 0 Å². The van der Waals surface area contributed by atoms with Crippen molar-refractivity contribution in [2.75, 3.05) is 6.67 Å². The molecule has 0 aromatic carbocycles. The van der Waals surface area contributed by atoms with Gasteiger partial charge in [-0.05, 0) is 24.6 Å². The minimum atomic E-state index is -1.08. The Morgan fingerprint density at radius 1 is 1.78 bits per heavy atom. The molecule has 0 spiro atoms. The Bertz CT molecular complexity index is 105. The van der Waals surface area contributed by atoms with E-state index in [1.807, 2.05) is 0 Å². The molecule has 0 unspecified atom stereocenters. The standard InChI is InChI=1S/C5H9ClFNO/c6-8-4-1-5(9,2-4)3-7/h4,8-9H,1-3H2/t4-,5+. The van der Waals surface area contributed by atoms with E-state index in [4.69, 9.17) is 16.9 Å². The molecule has 1 rings (SSSR count). The van der Waals surface area contributed by atoms with Gasteiger partial charge in [-0.3, -0.25) is 0 Å². The molecule has 0 radical (unpaired) electrons. The van der Waals surface area contributed by atoms with Gasteiger partial charge in [0.25, 0.3) is 0 Å². The van der Waals surface area contributed by atoms with Crippen molar-refractivity contribution >= 4 is 11.8 Å². The molecule has 0 amide bonds. The van der Waals surface area contributed by atoms with Crippen LogP contribution in [0.4, 0.5) is 4.39 Å². The van der Waals surface area contributed by atoms with Crippen molar-refractivity contribution in [3.8, 4) is 0 Å². The van der Waals surface area contributed by atoms with Crippen LogP contribution in [0.25, 0.3) is 0 Å². The van der Waals surface area contributed by atoms with E-state index < -0.39 is 12.3 Å². The molecule has 4 heteroatoms. The maximum atomic E-state index is 11.8. The predicted molar refractivity (Wildman–Crippen MR) is 32.9 cm³/mol. The minimum absolute atomic E-state index is 0.0902. The number of hydrogen-bond donors (Lipinski definition) is 2. The van der Waals surface area contributed by atoms with Gasteiger partial charge in [0, 0.05) is 6.04 Å². The van der Waals surface area contributed by atoms with Gasteiger partial charge in [0.2, 0.25) is 0 Å². The van der Waals surface area contributed by atoms with E-state index in [2.05, 4.69) is 4.84 Å². The van der Waals surface area contributed by atoms with Crippen molar-refractivity contribution in [2.24, 2.45) is 0 Å². The molecule has 1 saturated carbocycles. The lowest BCUT2D eigenvalue weighted by Gasteiger charge is -2.40. The first-order valence-electron chi connectivity index (χ1n) is 2.85. The zero-order chi connectivity index (χ0) is 6.91. The minimum Gasteiger partial charge on any atom is -0.387 e. The molecule has 0 aliphatic heterocycles. The first kappa shape index (κ1) is 7.25. The summed E-state index contributed by atoms with van der Waals surface area (Å²) in [4.78, 5) is 2.44. The molecule has 0 heterocycles. The number of hydrogen-bond acceptors (Lipinski definition) is 2. The van der Waals surface area contributed by atoms with Gasteiger partial charge in [0.05, 0.1) is 5.60 Å². The molecule has 1 fully saturated rings. The maximum absolute atomic E-state index is 11.8. The van der Waals surface area contributed by atoms with Gasteiger partial charge in [-0.2, -0.15) is 0 Å². The summed E-state index contributed by atoms with van der Waals surface area (Å²) in [5, 5.41) is 9.05. The number of nitrogens with one attached hydrogen (secondary N) is 1. The van der Waals surface area contributed by atoms with Crippen molar-refractivity contribution in [1.29, 1.82) is 0 Å². The van der Waals surface area contributed by atoms with E-state index in [1.165, 1.54) is 0 Å². The molecule has 0 aromatic rings. The van der Waals surface area contributed by atoms with Crippen LogP contribution in [0.5, 0.6) is 0 Å². The molecule has 54 valence electrons. The highest BCUT2D eigenvalue weighted by molar-refractivity contribution is 6.13. The average molecular weight is 154 g/mol. The lowest BCUT2D eigenvalue weighted by Crippen LogP contribution is -2.52. The summed E-state index contributed by atoms with van der Waals surface area (Å²) < 4.78 is 11.8. The van der Waals surface area contributed by atoms with Gasteiger partial charge >= 0.3 is 0 Å². The van der Waals surface area contributed by atoms with E-state index in [-0.39, 0.29) is 6.04 Å². The van der Waals surface area contributed by atoms with Gasteiger partial charge in [-0.1, -0.05) is 0 Å². The van der Waals surface area contributed by atoms with Crippen molar-refractivity contribution in [3.63, 3.8) is 0 Å². The molecule has 9 heavy (non-hydrogen) atoms. The van der Waals surface area contributed by atoms with Crippen LogP contribution in [0.1, 0.15) is 12.8 Å². The fourth-order valence-corrected chi connectivity index (χ4v) is 1.20. The highest BCUT2D eigenvalue weighted by atomic mass is 35.5. The Morgan fingerprint density at radius 3 is 2.67 bits per heavy atom. The zero-order valence-corrected chi connectivity index (χ0v) is 5.66. The summed E-state index contributed by atoms with van der Waals surface area (Å²) in [6, 6.07) is 0.0902. The Hall–Kier alpha value is 0.140. The maximum Gasteiger partial charge on any atom is 0.118 e. The van der Waals surface area contributed by atoms with Crippen LogP contribution in [0.2, 0.25) is 0 Å². The lowest BCUT2D eigenvalue weighted by molar-refractivity contribution is -0.0669. The average Bonchev–Trinajstić information content (AvgIpc) is 1.81. The van der Waals surface area contributed by atoms with Gasteiger partial charge in [0.15, 0.2) is 0 Å². The SMILES string of the molecule is O[C@]1(CF)C[C@H](NCl)C1. The van der Waals surface area contributed by atoms with Crippen LogP contribution in [-0.2, 0) is 0 Å². The van der Waals surface area contributed by atoms with E-state index >= 15 is 0 Å². The molecule has 1 aliphatic carbocycles. The summed E-state index contributed by atoms with van der Waals surface area (Å²) in [6.45, 7) is -0.665. The van der Waals surface area contributed by atoms with E-state index in [9.17, 15) is 4.39 Å². The number of aliphatic hydroxyl groups is 1. The number of alkyl halides is 1. The molecule has 2 N–H and O–H groups in total. The molecule has 2 nitrogen and oxygen atoms in total. The van der Waals surface area contributed by atoms with Gasteiger partial charge in [0.1, 0.15) is 6.67 Å². The topological polar surface area (TPSA) is 32.3 Å². The summed E-state index contributed by atoms with van der Waals surface area (Å²) in [5.74, 6) is 0. The number of halogens is 2. The molecular formula is C5H9ClFNO. The van der Waals surface area contributed by atoms with Crippen molar-refractivity contribution < 1.29 is 9.50 Å². The lowest BCUT2D eigenvalue weighted by atomic mass is 9.77. The molecule has 0 bridgehead atoms. The summed E-state index contributed by atoms with van der Waals surface area (Å²) >= 11 is 5.20. The number of rotatable bonds is 2. The Kier molecular flexibility index (Phi) is 1.94. The highest BCUT2D eigenvalue weighted by Gasteiger charge is 2.42. The van der Waals surface area contributed by atoms with Crippen molar-refractivity contribution in [2.45, 2.75) is 24.5 Å². The van der Waals surface area contributed by atoms with Crippen molar-refractivity contribution in [1.82, 2.24) is 4.84 Å². The molecule has 0 aromatic heterocycles. The van der Waals surface area contributed by atoms with Crippen LogP contribution in [0.3, 0.4) is 0 Å². The summed E-state index contributed by atoms with van der Waals surface area (Å²) in [6.07, 6.45) is 0.847. The van der Waals surface area contributed by atoms with Crippen LogP contribution >= 0.6 is 11.8 Å². The predicted octanol–water partition coefficient (Wildman–Crippen LogP) is 0.593. The summed E-state index contributed by atoms with van der Waals surface area (Å²) in [7, 11) is 0. The van der Waals surface area contributed by atoms with Gasteiger partial charge in [-0.25, -0.2) is 9.23 Å². The monoisotopic (exact) mass is 153 g/mol. The fourth-order valence-electron chi connectivity index (χ4n) is 1.04. The third kappa shape index (κ3) is 1.34. The quantitative estimate of drug-likeness (QED) is 0.570. The molecular weight excluding hydrogens is 145 g/mol. The van der Waals surface area contributed by atoms with Crippen LogP contribution < -0.4 is 4.84 Å². The van der Waals surface area contributed by atoms with E-state index in [1.54, 1.807) is 0 Å². The fraction of sp³-hybridized carbons (Fsp3) is 1.00. The molecule has 0 atom stereocenters. The van der Waals surface area contributed by atoms with Crippen LogP contribution in [0, 0.1) is 0 Å². The smallest absolute Gasteiger partial charge is 0.118 e. The second-order valence-corrected chi connectivity index (χ2v) is 2.79. The first-order chi connectivity index (χ1) is 4.20. The first-order valence-corrected chi connectivity index (χ1v) is 3.22. The molecule has 0 saturated heterocycles. The second-order valence-electron chi connectivity index (χ2n) is 2.57. The largest absolute Gasteiger partial charge is 0.387 e. The van der Waals surface area contributed by atoms with E-state index in [0.29, 0.717) is 12.8 Å². The zero-order valence-electron chi connectivity index (χ0n) is 4.90. The van der Waals surface area contributed by atoms with Crippen LogP contribution in [0.15, 0.2) is 0 Å². The van der Waals surface area contributed by atoms with Gasteiger partial charge in [-0.15, -0.1) is 0 Å². The van der Waals surface area contributed by atoms with Gasteiger partial charge < -0.3 is 5.11 Å². The van der Waals surface area contributed by atoms with Crippen LogP contribution in [-0.4, -0.2) is 23.4 Å². The third-order valence-corrected chi connectivity index (χ3v) is 1.96. The molecule has 1 aliphatic rings. The summed E-state index contributed by atoms with van der Waals surface area (Å²) in [5.41, 5.74) is -1.08. The normalized spacial score (nSPS) is 42.3. The van der Waals surface area contributed by atoms with E-state index in [0.717, 1.165) is 0 Å². The Balaban J connectivity index is 2.24. The third-order valence-electron chi connectivity index (χ3n) is 1.66. The second kappa shape index (κ2) is 2.40. The highest BCUT2D eigenvalue weighted by Crippen LogP contribution is 2.32. The Morgan fingerprint density at radius 2 is 2.33 bits per heavy atom.